The maximum absolute atomic E-state index is 5.11. The maximum atomic E-state index is 5.11. The number of rotatable bonds is 0. The topological polar surface area (TPSA) is 24.7 Å². The summed E-state index contributed by atoms with van der Waals surface area (Å²) >= 11 is 0. The fourth-order valence-corrected chi connectivity index (χ4v) is 4.15. The average molecular weight is 318 g/mol. The minimum absolute atomic E-state index is 0.451. The van der Waals surface area contributed by atoms with Gasteiger partial charge in [0.1, 0.15) is 5.54 Å². The van der Waals surface area contributed by atoms with E-state index in [1.165, 1.54) is 27.5 Å². The third-order valence-corrected chi connectivity index (χ3v) is 5.34. The van der Waals surface area contributed by atoms with Crippen LogP contribution in [0.3, 0.4) is 0 Å². The second-order valence-corrected chi connectivity index (χ2v) is 6.72. The van der Waals surface area contributed by atoms with Gasteiger partial charge in [0.15, 0.2) is 5.84 Å². The van der Waals surface area contributed by atoms with E-state index in [4.69, 9.17) is 9.98 Å². The summed E-state index contributed by atoms with van der Waals surface area (Å²) in [6.07, 6.45) is 13.2. The molecule has 1 spiro atoms. The van der Waals surface area contributed by atoms with E-state index in [-0.39, 0.29) is 0 Å². The third kappa shape index (κ3) is 1.64. The molecule has 1 atom stereocenters. The number of fused-ring (bicyclic) bond motifs is 6. The fourth-order valence-electron chi connectivity index (χ4n) is 4.15. The molecule has 2 heterocycles. The molecular formula is C23H14N2. The highest BCUT2D eigenvalue weighted by molar-refractivity contribution is 6.23. The molecule has 2 aliphatic carbocycles. The van der Waals surface area contributed by atoms with Crippen LogP contribution in [0.15, 0.2) is 94.5 Å². The van der Waals surface area contributed by atoms with Gasteiger partial charge >= 0.3 is 0 Å². The molecule has 0 bridgehead atoms. The van der Waals surface area contributed by atoms with Gasteiger partial charge in [-0.15, -0.1) is 0 Å². The molecule has 0 radical (unpaired) electrons. The van der Waals surface area contributed by atoms with E-state index in [1.807, 2.05) is 6.07 Å². The van der Waals surface area contributed by atoms with Crippen LogP contribution >= 0.6 is 0 Å². The predicted molar refractivity (Wildman–Crippen MR) is 101 cm³/mol. The van der Waals surface area contributed by atoms with Gasteiger partial charge < -0.3 is 0 Å². The molecule has 0 N–H and O–H groups in total. The Morgan fingerprint density at radius 1 is 0.880 bits per heavy atom. The van der Waals surface area contributed by atoms with Crippen molar-refractivity contribution in [2.45, 2.75) is 5.54 Å². The Morgan fingerprint density at radius 2 is 1.76 bits per heavy atom. The zero-order valence-electron chi connectivity index (χ0n) is 13.5. The molecule has 2 aliphatic heterocycles. The van der Waals surface area contributed by atoms with Gasteiger partial charge in [-0.25, -0.2) is 9.98 Å². The van der Waals surface area contributed by atoms with Crippen LogP contribution in [0.5, 0.6) is 0 Å². The van der Waals surface area contributed by atoms with Crippen molar-refractivity contribution in [3.63, 3.8) is 0 Å². The minimum Gasteiger partial charge on any atom is -0.246 e. The Balaban J connectivity index is 1.58. The summed E-state index contributed by atoms with van der Waals surface area (Å²) in [6.45, 7) is 0. The van der Waals surface area contributed by atoms with Crippen LogP contribution in [0.25, 0.3) is 17.2 Å². The van der Waals surface area contributed by atoms with Gasteiger partial charge in [-0.3, -0.25) is 0 Å². The summed E-state index contributed by atoms with van der Waals surface area (Å²) in [5.41, 5.74) is 5.74. The molecule has 0 aromatic heterocycles. The van der Waals surface area contributed by atoms with Crippen LogP contribution in [0.2, 0.25) is 0 Å². The van der Waals surface area contributed by atoms with Crippen LogP contribution in [-0.2, 0) is 0 Å². The highest BCUT2D eigenvalue weighted by Crippen LogP contribution is 2.47. The van der Waals surface area contributed by atoms with E-state index < -0.39 is 5.54 Å². The van der Waals surface area contributed by atoms with Crippen molar-refractivity contribution in [1.82, 2.24) is 0 Å². The van der Waals surface area contributed by atoms with Gasteiger partial charge in [0, 0.05) is 10.8 Å². The van der Waals surface area contributed by atoms with Gasteiger partial charge in [0.2, 0.25) is 0 Å². The fraction of sp³-hybridized carbons (Fsp3) is 0.0435. The highest BCUT2D eigenvalue weighted by Gasteiger charge is 2.39. The number of nitrogens with zero attached hydrogens (tertiary/aromatic N) is 2. The molecule has 0 saturated carbocycles. The van der Waals surface area contributed by atoms with Gasteiger partial charge in [0.25, 0.3) is 0 Å². The van der Waals surface area contributed by atoms with E-state index >= 15 is 0 Å². The zero-order valence-corrected chi connectivity index (χ0v) is 13.5. The monoisotopic (exact) mass is 318 g/mol. The predicted octanol–water partition coefficient (Wildman–Crippen LogP) is 3.23. The number of aliphatic imine (C=N–C) groups is 1. The standard InChI is InChI=1S/C23H14N2/c1-2-7-16-15(6-1)14-20-17(16)9-5-12-23(20)13-11-19-18-8-3-4-10-21(18)24-22(19)25-23/h1-14H. The summed E-state index contributed by atoms with van der Waals surface area (Å²) < 4.78 is 0. The molecule has 0 amide bonds. The van der Waals surface area contributed by atoms with Crippen LogP contribution in [-0.4, -0.2) is 11.4 Å². The number of para-hydroxylation sites is 1. The molecule has 4 aliphatic rings. The van der Waals surface area contributed by atoms with Crippen molar-refractivity contribution >= 4 is 23.1 Å². The van der Waals surface area contributed by atoms with Gasteiger partial charge in [0.05, 0.1) is 5.36 Å². The van der Waals surface area contributed by atoms with Crippen molar-refractivity contribution in [1.29, 1.82) is 0 Å². The first-order valence-electron chi connectivity index (χ1n) is 8.53. The highest BCUT2D eigenvalue weighted by atomic mass is 15.0. The second-order valence-electron chi connectivity index (χ2n) is 6.72. The van der Waals surface area contributed by atoms with Crippen molar-refractivity contribution in [3.8, 4) is 0 Å². The van der Waals surface area contributed by atoms with E-state index in [0.29, 0.717) is 0 Å². The zero-order chi connectivity index (χ0) is 16.4. The van der Waals surface area contributed by atoms with E-state index in [0.717, 1.165) is 16.8 Å². The first kappa shape index (κ1) is 13.1. The Labute approximate surface area is 145 Å². The molecule has 2 heteroatoms. The Bertz CT molecular complexity index is 1230. The minimum atomic E-state index is -0.451. The number of hydrogen-bond donors (Lipinski definition) is 0. The largest absolute Gasteiger partial charge is 0.246 e. The lowest BCUT2D eigenvalue weighted by Crippen LogP contribution is -2.30. The van der Waals surface area contributed by atoms with Gasteiger partial charge in [-0.2, -0.15) is 0 Å². The van der Waals surface area contributed by atoms with Crippen LogP contribution in [0.4, 0.5) is 0 Å². The third-order valence-electron chi connectivity index (χ3n) is 5.34. The lowest BCUT2D eigenvalue weighted by Gasteiger charge is -2.31. The molecule has 0 saturated heterocycles. The molecule has 2 aromatic rings. The lowest BCUT2D eigenvalue weighted by atomic mass is 9.80. The lowest BCUT2D eigenvalue weighted by molar-refractivity contribution is 0.792. The molecule has 6 rings (SSSR count). The summed E-state index contributed by atoms with van der Waals surface area (Å²) in [7, 11) is 0. The van der Waals surface area contributed by atoms with Gasteiger partial charge in [-0.1, -0.05) is 60.7 Å². The number of amidine groups is 1. The van der Waals surface area contributed by atoms with Crippen molar-refractivity contribution < 1.29 is 0 Å². The number of hydrogen-bond acceptors (Lipinski definition) is 2. The van der Waals surface area contributed by atoms with Crippen molar-refractivity contribution in [3.05, 3.63) is 106 Å². The van der Waals surface area contributed by atoms with Crippen LogP contribution < -0.4 is 10.6 Å². The van der Waals surface area contributed by atoms with E-state index in [2.05, 4.69) is 78.9 Å². The molecule has 25 heavy (non-hydrogen) atoms. The smallest absolute Gasteiger partial charge is 0.157 e. The number of benzene rings is 2. The van der Waals surface area contributed by atoms with Crippen molar-refractivity contribution in [2.75, 3.05) is 0 Å². The Hall–Kier alpha value is -3.26. The normalized spacial score (nSPS) is 24.0. The summed E-state index contributed by atoms with van der Waals surface area (Å²) in [4.78, 5) is 9.87. The van der Waals surface area contributed by atoms with Crippen LogP contribution in [0, 0.1) is 0 Å². The molecule has 0 fully saturated rings. The van der Waals surface area contributed by atoms with E-state index in [1.54, 1.807) is 0 Å². The van der Waals surface area contributed by atoms with E-state index in [9.17, 15) is 0 Å². The molecule has 116 valence electrons. The molecular weight excluding hydrogens is 304 g/mol. The quantitative estimate of drug-likeness (QED) is 0.712. The number of dihydropyridines is 1. The number of allylic oxidation sites excluding steroid dienone is 2. The summed E-state index contributed by atoms with van der Waals surface area (Å²) in [6, 6.07) is 16.8. The molecule has 2 aromatic carbocycles. The van der Waals surface area contributed by atoms with Crippen LogP contribution in [0.1, 0.15) is 11.1 Å². The van der Waals surface area contributed by atoms with Crippen molar-refractivity contribution in [2.24, 2.45) is 9.98 Å². The summed E-state index contributed by atoms with van der Waals surface area (Å²) in [5, 5.41) is 2.18. The summed E-state index contributed by atoms with van der Waals surface area (Å²) in [5.74, 6) is 0.839. The Morgan fingerprint density at radius 3 is 2.76 bits per heavy atom. The Kier molecular flexibility index (Phi) is 2.31. The average Bonchev–Trinajstić information content (AvgIpc) is 3.20. The first-order valence-corrected chi connectivity index (χ1v) is 8.53. The molecule has 1 unspecified atom stereocenters. The SMILES string of the molecule is C1=CC2(C=CC3=c4ccccc4=NC3=N2)C2=Cc3ccccc3C2=C1. The van der Waals surface area contributed by atoms with Gasteiger partial charge in [-0.05, 0) is 46.6 Å². The second kappa shape index (κ2) is 4.42. The first-order chi connectivity index (χ1) is 12.3. The maximum Gasteiger partial charge on any atom is 0.157 e. The molecule has 2 nitrogen and oxygen atoms in total.